The van der Waals surface area contributed by atoms with Gasteiger partial charge in [0.05, 0.1) is 6.10 Å². The summed E-state index contributed by atoms with van der Waals surface area (Å²) in [7, 11) is 0. The molecule has 118 valence electrons. The van der Waals surface area contributed by atoms with Crippen LogP contribution in [0.15, 0.2) is 0 Å². The van der Waals surface area contributed by atoms with E-state index in [2.05, 4.69) is 24.5 Å². The first kappa shape index (κ1) is 16.3. The first-order valence-electron chi connectivity index (χ1n) is 8.91. The molecule has 2 fully saturated rings. The molecular weight excluding hydrogens is 248 g/mol. The maximum absolute atomic E-state index is 10.3. The Balaban J connectivity index is 1.78. The van der Waals surface area contributed by atoms with Crippen molar-refractivity contribution in [1.29, 1.82) is 0 Å². The van der Waals surface area contributed by atoms with E-state index >= 15 is 0 Å². The third kappa shape index (κ3) is 4.19. The summed E-state index contributed by atoms with van der Waals surface area (Å²) < 4.78 is 0. The minimum absolute atomic E-state index is 0.175. The summed E-state index contributed by atoms with van der Waals surface area (Å²) in [5, 5.41) is 17.7. The van der Waals surface area contributed by atoms with Gasteiger partial charge in [0.15, 0.2) is 0 Å². The van der Waals surface area contributed by atoms with Gasteiger partial charge in [-0.1, -0.05) is 39.5 Å². The molecule has 1 saturated carbocycles. The van der Waals surface area contributed by atoms with Gasteiger partial charge in [-0.2, -0.15) is 0 Å². The molecule has 1 saturated heterocycles. The van der Waals surface area contributed by atoms with Crippen molar-refractivity contribution < 1.29 is 5.11 Å². The molecule has 3 N–H and O–H groups in total. The van der Waals surface area contributed by atoms with Crippen molar-refractivity contribution in [1.82, 2.24) is 10.6 Å². The number of rotatable bonds is 7. The minimum Gasteiger partial charge on any atom is -0.392 e. The molecule has 0 aromatic rings. The van der Waals surface area contributed by atoms with Crippen LogP contribution in [0.1, 0.15) is 65.2 Å². The van der Waals surface area contributed by atoms with E-state index in [1.165, 1.54) is 45.1 Å². The highest BCUT2D eigenvalue weighted by atomic mass is 16.3. The summed E-state index contributed by atoms with van der Waals surface area (Å²) in [4.78, 5) is 0. The molecule has 0 aromatic carbocycles. The topological polar surface area (TPSA) is 44.3 Å². The van der Waals surface area contributed by atoms with Crippen molar-refractivity contribution in [3.8, 4) is 0 Å². The second-order valence-corrected chi connectivity index (χ2v) is 6.81. The zero-order valence-electron chi connectivity index (χ0n) is 13.4. The summed E-state index contributed by atoms with van der Waals surface area (Å²) in [6.45, 7) is 6.34. The van der Waals surface area contributed by atoms with E-state index in [-0.39, 0.29) is 6.10 Å². The standard InChI is InChI=1S/C17H34N2O/c1-3-13(4-2)17(20)12-19-16-10-7-8-14(16)15-9-5-6-11-18-15/h13-20H,3-12H2,1-2H3. The minimum atomic E-state index is -0.175. The Bertz CT molecular complexity index is 262. The SMILES string of the molecule is CCC(CC)C(O)CNC1CCCC1C1CCCCN1. The fourth-order valence-corrected chi connectivity index (χ4v) is 4.24. The van der Waals surface area contributed by atoms with Crippen molar-refractivity contribution in [2.24, 2.45) is 11.8 Å². The Labute approximate surface area is 124 Å². The van der Waals surface area contributed by atoms with Crippen LogP contribution in [0.2, 0.25) is 0 Å². The molecule has 3 nitrogen and oxygen atoms in total. The van der Waals surface area contributed by atoms with Gasteiger partial charge < -0.3 is 15.7 Å². The molecule has 2 aliphatic rings. The average molecular weight is 282 g/mol. The zero-order valence-corrected chi connectivity index (χ0v) is 13.4. The Morgan fingerprint density at radius 3 is 2.55 bits per heavy atom. The molecular formula is C17H34N2O. The highest BCUT2D eigenvalue weighted by Gasteiger charge is 2.34. The lowest BCUT2D eigenvalue weighted by molar-refractivity contribution is 0.0947. The van der Waals surface area contributed by atoms with Gasteiger partial charge in [-0.3, -0.25) is 0 Å². The molecule has 0 amide bonds. The predicted molar refractivity (Wildman–Crippen MR) is 84.9 cm³/mol. The summed E-state index contributed by atoms with van der Waals surface area (Å²) in [5.74, 6) is 1.24. The summed E-state index contributed by atoms with van der Waals surface area (Å²) >= 11 is 0. The molecule has 4 unspecified atom stereocenters. The Kier molecular flexibility index (Phi) is 6.79. The number of aliphatic hydroxyl groups is 1. The normalized spacial score (nSPS) is 32.7. The van der Waals surface area contributed by atoms with Crippen molar-refractivity contribution in [2.75, 3.05) is 13.1 Å². The first-order chi connectivity index (χ1) is 9.76. The van der Waals surface area contributed by atoms with Gasteiger partial charge >= 0.3 is 0 Å². The molecule has 2 rings (SSSR count). The Morgan fingerprint density at radius 2 is 1.90 bits per heavy atom. The molecule has 0 spiro atoms. The molecule has 0 bridgehead atoms. The third-order valence-corrected chi connectivity index (χ3v) is 5.62. The van der Waals surface area contributed by atoms with Crippen LogP contribution in [0.5, 0.6) is 0 Å². The molecule has 3 heteroatoms. The number of hydrogen-bond acceptors (Lipinski definition) is 3. The molecule has 20 heavy (non-hydrogen) atoms. The maximum Gasteiger partial charge on any atom is 0.0692 e. The molecule has 1 aliphatic carbocycles. The van der Waals surface area contributed by atoms with E-state index in [1.54, 1.807) is 0 Å². The lowest BCUT2D eigenvalue weighted by Gasteiger charge is -2.34. The quantitative estimate of drug-likeness (QED) is 0.673. The van der Waals surface area contributed by atoms with Crippen LogP contribution in [-0.4, -0.2) is 36.4 Å². The van der Waals surface area contributed by atoms with Crippen molar-refractivity contribution >= 4 is 0 Å². The van der Waals surface area contributed by atoms with E-state index in [1.807, 2.05) is 0 Å². The van der Waals surface area contributed by atoms with Crippen molar-refractivity contribution in [3.05, 3.63) is 0 Å². The molecule has 4 atom stereocenters. The number of hydrogen-bond donors (Lipinski definition) is 3. The van der Waals surface area contributed by atoms with Crippen LogP contribution in [0.25, 0.3) is 0 Å². The van der Waals surface area contributed by atoms with Crippen molar-refractivity contribution in [3.63, 3.8) is 0 Å². The van der Waals surface area contributed by atoms with Gasteiger partial charge in [-0.15, -0.1) is 0 Å². The summed E-state index contributed by atoms with van der Waals surface area (Å²) in [5.41, 5.74) is 0. The first-order valence-corrected chi connectivity index (χ1v) is 8.91. The Hall–Kier alpha value is -0.120. The van der Waals surface area contributed by atoms with Crippen LogP contribution >= 0.6 is 0 Å². The zero-order chi connectivity index (χ0) is 14.4. The molecule has 1 aliphatic heterocycles. The van der Waals surface area contributed by atoms with Gasteiger partial charge in [-0.05, 0) is 44.1 Å². The van der Waals surface area contributed by atoms with E-state index in [0.29, 0.717) is 18.0 Å². The summed E-state index contributed by atoms with van der Waals surface area (Å²) in [6.07, 6.45) is 10.1. The maximum atomic E-state index is 10.3. The fraction of sp³-hybridized carbons (Fsp3) is 1.00. The molecule has 0 radical (unpaired) electrons. The monoisotopic (exact) mass is 282 g/mol. The van der Waals surface area contributed by atoms with Crippen LogP contribution in [0.4, 0.5) is 0 Å². The van der Waals surface area contributed by atoms with Crippen molar-refractivity contribution in [2.45, 2.75) is 83.4 Å². The third-order valence-electron chi connectivity index (χ3n) is 5.62. The van der Waals surface area contributed by atoms with E-state index in [4.69, 9.17) is 0 Å². The van der Waals surface area contributed by atoms with Gasteiger partial charge in [0.25, 0.3) is 0 Å². The number of piperidine rings is 1. The van der Waals surface area contributed by atoms with Gasteiger partial charge in [-0.25, -0.2) is 0 Å². The van der Waals surface area contributed by atoms with Gasteiger partial charge in [0, 0.05) is 18.6 Å². The van der Waals surface area contributed by atoms with Crippen LogP contribution in [0, 0.1) is 11.8 Å². The lowest BCUT2D eigenvalue weighted by atomic mass is 9.88. The van der Waals surface area contributed by atoms with Gasteiger partial charge in [0.2, 0.25) is 0 Å². The Morgan fingerprint density at radius 1 is 1.10 bits per heavy atom. The average Bonchev–Trinajstić information content (AvgIpc) is 2.95. The van der Waals surface area contributed by atoms with Gasteiger partial charge in [0.1, 0.15) is 0 Å². The fourth-order valence-electron chi connectivity index (χ4n) is 4.24. The number of nitrogens with one attached hydrogen (secondary N) is 2. The lowest BCUT2D eigenvalue weighted by Crippen LogP contribution is -2.48. The number of aliphatic hydroxyl groups excluding tert-OH is 1. The smallest absolute Gasteiger partial charge is 0.0692 e. The van der Waals surface area contributed by atoms with E-state index < -0.39 is 0 Å². The highest BCUT2D eigenvalue weighted by Crippen LogP contribution is 2.31. The predicted octanol–water partition coefficient (Wildman–Crippen LogP) is 2.68. The highest BCUT2D eigenvalue weighted by molar-refractivity contribution is 4.92. The largest absolute Gasteiger partial charge is 0.392 e. The van der Waals surface area contributed by atoms with E-state index in [9.17, 15) is 5.11 Å². The summed E-state index contributed by atoms with van der Waals surface area (Å²) in [6, 6.07) is 1.34. The van der Waals surface area contributed by atoms with Crippen LogP contribution < -0.4 is 10.6 Å². The van der Waals surface area contributed by atoms with E-state index in [0.717, 1.165) is 25.3 Å². The van der Waals surface area contributed by atoms with Crippen LogP contribution in [-0.2, 0) is 0 Å². The molecule has 0 aromatic heterocycles. The van der Waals surface area contributed by atoms with Crippen LogP contribution in [0.3, 0.4) is 0 Å². The molecule has 1 heterocycles. The second-order valence-electron chi connectivity index (χ2n) is 6.81. The second kappa shape index (κ2) is 8.35.